The van der Waals surface area contributed by atoms with Gasteiger partial charge in [0.05, 0.1) is 0 Å². The first-order chi connectivity index (χ1) is 6.43. The number of rotatable bonds is 1. The van der Waals surface area contributed by atoms with E-state index in [1.54, 1.807) is 11.3 Å². The van der Waals surface area contributed by atoms with Crippen LogP contribution in [-0.4, -0.2) is 23.3 Å². The van der Waals surface area contributed by atoms with Crippen molar-refractivity contribution in [2.24, 2.45) is 11.8 Å². The molecule has 1 saturated heterocycles. The summed E-state index contributed by atoms with van der Waals surface area (Å²) in [6.07, 6.45) is 3.57. The number of nitrogens with one attached hydrogen (secondary N) is 1. The SMILES string of the molecule is C1=C(c2nncs2)C[C@H]2CNC[C@@H]12. The summed E-state index contributed by atoms with van der Waals surface area (Å²) in [4.78, 5) is 0. The van der Waals surface area contributed by atoms with E-state index in [9.17, 15) is 0 Å². The van der Waals surface area contributed by atoms with Crippen molar-refractivity contribution >= 4 is 16.9 Å². The van der Waals surface area contributed by atoms with E-state index in [4.69, 9.17) is 0 Å². The molecule has 0 bridgehead atoms. The van der Waals surface area contributed by atoms with Crippen molar-refractivity contribution in [3.05, 3.63) is 16.6 Å². The fraction of sp³-hybridized carbons (Fsp3) is 0.556. The molecular weight excluding hydrogens is 182 g/mol. The molecule has 0 aromatic carbocycles. The molecule has 1 aliphatic heterocycles. The van der Waals surface area contributed by atoms with Gasteiger partial charge < -0.3 is 5.32 Å². The zero-order valence-electron chi connectivity index (χ0n) is 7.23. The van der Waals surface area contributed by atoms with E-state index in [0.717, 1.165) is 23.4 Å². The van der Waals surface area contributed by atoms with Crippen LogP contribution >= 0.6 is 11.3 Å². The van der Waals surface area contributed by atoms with Crippen LogP contribution in [0.5, 0.6) is 0 Å². The van der Waals surface area contributed by atoms with Crippen molar-refractivity contribution in [1.29, 1.82) is 0 Å². The van der Waals surface area contributed by atoms with E-state index >= 15 is 0 Å². The molecule has 1 aromatic rings. The Bertz CT molecular complexity index is 331. The molecule has 13 heavy (non-hydrogen) atoms. The van der Waals surface area contributed by atoms with Crippen LogP contribution in [0.3, 0.4) is 0 Å². The lowest BCUT2D eigenvalue weighted by molar-refractivity contribution is 0.536. The molecule has 0 amide bonds. The topological polar surface area (TPSA) is 37.8 Å². The Hall–Kier alpha value is -0.740. The minimum absolute atomic E-state index is 0.749. The van der Waals surface area contributed by atoms with Gasteiger partial charge in [0.25, 0.3) is 0 Å². The average Bonchev–Trinajstić information content (AvgIpc) is 2.78. The third-order valence-corrected chi connectivity index (χ3v) is 3.69. The highest BCUT2D eigenvalue weighted by Gasteiger charge is 2.32. The smallest absolute Gasteiger partial charge is 0.143 e. The van der Waals surface area contributed by atoms with Gasteiger partial charge in [0.15, 0.2) is 0 Å². The van der Waals surface area contributed by atoms with E-state index in [1.807, 2.05) is 5.51 Å². The Balaban J connectivity index is 1.88. The summed E-state index contributed by atoms with van der Waals surface area (Å²) in [5.74, 6) is 1.57. The molecule has 1 aliphatic carbocycles. The quantitative estimate of drug-likeness (QED) is 0.727. The molecule has 4 heteroatoms. The highest BCUT2D eigenvalue weighted by Crippen LogP contribution is 2.38. The van der Waals surface area contributed by atoms with Gasteiger partial charge in [-0.05, 0) is 30.4 Å². The molecule has 1 aromatic heterocycles. The van der Waals surface area contributed by atoms with Crippen molar-refractivity contribution in [1.82, 2.24) is 15.5 Å². The summed E-state index contributed by atoms with van der Waals surface area (Å²) in [6.45, 7) is 2.32. The van der Waals surface area contributed by atoms with E-state index in [-0.39, 0.29) is 0 Å². The van der Waals surface area contributed by atoms with E-state index in [2.05, 4.69) is 21.6 Å². The fourth-order valence-electron chi connectivity index (χ4n) is 2.25. The molecule has 2 aliphatic rings. The third kappa shape index (κ3) is 1.21. The van der Waals surface area contributed by atoms with Gasteiger partial charge in [-0.2, -0.15) is 0 Å². The van der Waals surface area contributed by atoms with Crippen LogP contribution < -0.4 is 5.32 Å². The second-order valence-corrected chi connectivity index (χ2v) is 4.56. The zero-order valence-corrected chi connectivity index (χ0v) is 8.05. The molecule has 0 spiro atoms. The molecule has 2 atom stereocenters. The Morgan fingerprint density at radius 1 is 1.46 bits per heavy atom. The highest BCUT2D eigenvalue weighted by atomic mass is 32.1. The Kier molecular flexibility index (Phi) is 1.70. The molecule has 2 heterocycles. The monoisotopic (exact) mass is 193 g/mol. The lowest BCUT2D eigenvalue weighted by Crippen LogP contribution is -2.09. The van der Waals surface area contributed by atoms with Gasteiger partial charge >= 0.3 is 0 Å². The van der Waals surface area contributed by atoms with E-state index in [0.29, 0.717) is 0 Å². The standard InChI is InChI=1S/C9H11N3S/c1-6(9-12-11-5-13-9)2-8-4-10-3-7(1)8/h1,5,7-8,10H,2-4H2/t7-,8+/m1/s1. The molecule has 1 N–H and O–H groups in total. The lowest BCUT2D eigenvalue weighted by Gasteiger charge is -2.04. The lowest BCUT2D eigenvalue weighted by atomic mass is 10.00. The van der Waals surface area contributed by atoms with Crippen molar-refractivity contribution in [3.8, 4) is 0 Å². The molecule has 3 rings (SSSR count). The summed E-state index contributed by atoms with van der Waals surface area (Å²) < 4.78 is 0. The average molecular weight is 193 g/mol. The van der Waals surface area contributed by atoms with Crippen LogP contribution in [0.25, 0.3) is 5.57 Å². The van der Waals surface area contributed by atoms with Gasteiger partial charge in [0.2, 0.25) is 0 Å². The van der Waals surface area contributed by atoms with Gasteiger partial charge in [-0.1, -0.05) is 6.08 Å². The van der Waals surface area contributed by atoms with Crippen LogP contribution in [0.1, 0.15) is 11.4 Å². The van der Waals surface area contributed by atoms with Gasteiger partial charge in [-0.25, -0.2) is 0 Å². The van der Waals surface area contributed by atoms with Crippen LogP contribution in [0, 0.1) is 11.8 Å². The van der Waals surface area contributed by atoms with Gasteiger partial charge in [0.1, 0.15) is 10.5 Å². The van der Waals surface area contributed by atoms with Crippen molar-refractivity contribution in [2.45, 2.75) is 6.42 Å². The number of aromatic nitrogens is 2. The van der Waals surface area contributed by atoms with Gasteiger partial charge in [0, 0.05) is 6.54 Å². The molecular formula is C9H11N3S. The molecule has 0 radical (unpaired) electrons. The summed E-state index contributed by atoms with van der Waals surface area (Å²) in [5.41, 5.74) is 3.22. The summed E-state index contributed by atoms with van der Waals surface area (Å²) in [5, 5.41) is 12.5. The Morgan fingerprint density at radius 3 is 3.23 bits per heavy atom. The van der Waals surface area contributed by atoms with Gasteiger partial charge in [-0.15, -0.1) is 21.5 Å². The zero-order chi connectivity index (χ0) is 8.67. The van der Waals surface area contributed by atoms with E-state index < -0.39 is 0 Å². The van der Waals surface area contributed by atoms with Gasteiger partial charge in [-0.3, -0.25) is 0 Å². The van der Waals surface area contributed by atoms with Crippen molar-refractivity contribution in [3.63, 3.8) is 0 Å². The maximum Gasteiger partial charge on any atom is 0.143 e. The largest absolute Gasteiger partial charge is 0.316 e. The normalized spacial score (nSPS) is 31.8. The summed E-state index contributed by atoms with van der Waals surface area (Å²) >= 11 is 1.65. The predicted octanol–water partition coefficient (Wildman–Crippen LogP) is 1.16. The Morgan fingerprint density at radius 2 is 2.46 bits per heavy atom. The molecule has 0 unspecified atom stereocenters. The molecule has 68 valence electrons. The maximum absolute atomic E-state index is 4.11. The van der Waals surface area contributed by atoms with Crippen molar-refractivity contribution < 1.29 is 0 Å². The van der Waals surface area contributed by atoms with Crippen LogP contribution in [0.15, 0.2) is 11.6 Å². The molecule has 1 fully saturated rings. The van der Waals surface area contributed by atoms with Crippen molar-refractivity contribution in [2.75, 3.05) is 13.1 Å². The highest BCUT2D eigenvalue weighted by molar-refractivity contribution is 7.10. The molecule has 0 saturated carbocycles. The fourth-order valence-corrected chi connectivity index (χ4v) is 2.84. The second kappa shape index (κ2) is 2.89. The second-order valence-electron chi connectivity index (χ2n) is 3.72. The Labute approximate surface area is 80.9 Å². The third-order valence-electron chi connectivity index (χ3n) is 2.92. The minimum atomic E-state index is 0.749. The number of hydrogen-bond acceptors (Lipinski definition) is 4. The minimum Gasteiger partial charge on any atom is -0.316 e. The van der Waals surface area contributed by atoms with Crippen LogP contribution in [0.2, 0.25) is 0 Å². The van der Waals surface area contributed by atoms with Crippen LogP contribution in [0.4, 0.5) is 0 Å². The number of nitrogens with zero attached hydrogens (tertiary/aromatic N) is 2. The van der Waals surface area contributed by atoms with E-state index in [1.165, 1.54) is 18.5 Å². The first-order valence-electron chi connectivity index (χ1n) is 4.61. The maximum atomic E-state index is 4.11. The number of allylic oxidation sites excluding steroid dienone is 1. The number of hydrogen-bond donors (Lipinski definition) is 1. The van der Waals surface area contributed by atoms with Crippen LogP contribution in [-0.2, 0) is 0 Å². The molecule has 3 nitrogen and oxygen atoms in total. The summed E-state index contributed by atoms with van der Waals surface area (Å²) in [6, 6.07) is 0. The predicted molar refractivity (Wildman–Crippen MR) is 52.4 cm³/mol. The number of fused-ring (bicyclic) bond motifs is 1. The summed E-state index contributed by atoms with van der Waals surface area (Å²) in [7, 11) is 0. The first-order valence-corrected chi connectivity index (χ1v) is 5.49. The first kappa shape index (κ1) is 7.64.